The van der Waals surface area contributed by atoms with E-state index in [1.54, 1.807) is 17.1 Å². The molecule has 0 atom stereocenters. The van der Waals surface area contributed by atoms with E-state index in [9.17, 15) is 0 Å². The van der Waals surface area contributed by atoms with Gasteiger partial charge in [-0.3, -0.25) is 9.67 Å². The first-order valence-electron chi connectivity index (χ1n) is 6.16. The molecule has 0 amide bonds. The van der Waals surface area contributed by atoms with Gasteiger partial charge in [0.1, 0.15) is 11.5 Å². The van der Waals surface area contributed by atoms with Gasteiger partial charge in [-0.1, -0.05) is 35.9 Å². The molecule has 0 fully saturated rings. The summed E-state index contributed by atoms with van der Waals surface area (Å²) < 4.78 is 1.65. The van der Waals surface area contributed by atoms with E-state index in [-0.39, 0.29) is 0 Å². The van der Waals surface area contributed by atoms with Gasteiger partial charge in [0.2, 0.25) is 0 Å². The normalized spacial score (nSPS) is 10.7. The van der Waals surface area contributed by atoms with Crippen molar-refractivity contribution in [3.8, 4) is 22.4 Å². The molecule has 0 bridgehead atoms. The molecule has 0 spiro atoms. The van der Waals surface area contributed by atoms with Crippen LogP contribution in [0.25, 0.3) is 22.4 Å². The lowest BCUT2D eigenvalue weighted by molar-refractivity contribution is 0.782. The Morgan fingerprint density at radius 1 is 1.15 bits per heavy atom. The number of benzene rings is 1. The van der Waals surface area contributed by atoms with Crippen molar-refractivity contribution in [2.45, 2.75) is 0 Å². The molecule has 1 aromatic carbocycles. The summed E-state index contributed by atoms with van der Waals surface area (Å²) in [6.07, 6.45) is 3.50. The SMILES string of the molecule is Cn1nc(-c2ccccc2Cl)c(-c2cccnc2)c1N. The van der Waals surface area contributed by atoms with Gasteiger partial charge in [-0.2, -0.15) is 5.10 Å². The molecule has 20 heavy (non-hydrogen) atoms. The summed E-state index contributed by atoms with van der Waals surface area (Å²) >= 11 is 6.27. The zero-order valence-corrected chi connectivity index (χ0v) is 11.7. The molecule has 5 heteroatoms. The van der Waals surface area contributed by atoms with Gasteiger partial charge < -0.3 is 5.73 Å². The Labute approximate surface area is 121 Å². The Bertz CT molecular complexity index is 750. The fraction of sp³-hybridized carbons (Fsp3) is 0.0667. The maximum Gasteiger partial charge on any atom is 0.129 e. The molecule has 0 saturated heterocycles. The lowest BCUT2D eigenvalue weighted by Crippen LogP contribution is -1.98. The first-order chi connectivity index (χ1) is 9.68. The van der Waals surface area contributed by atoms with E-state index in [0.29, 0.717) is 10.8 Å². The van der Waals surface area contributed by atoms with E-state index < -0.39 is 0 Å². The average Bonchev–Trinajstić information content (AvgIpc) is 2.76. The van der Waals surface area contributed by atoms with Crippen LogP contribution in [0.15, 0.2) is 48.8 Å². The third-order valence-corrected chi connectivity index (χ3v) is 3.50. The predicted molar refractivity (Wildman–Crippen MR) is 81.3 cm³/mol. The highest BCUT2D eigenvalue weighted by Crippen LogP contribution is 2.38. The molecule has 0 saturated carbocycles. The quantitative estimate of drug-likeness (QED) is 0.785. The van der Waals surface area contributed by atoms with Gasteiger partial charge >= 0.3 is 0 Å². The van der Waals surface area contributed by atoms with Crippen LogP contribution in [0.2, 0.25) is 5.02 Å². The summed E-state index contributed by atoms with van der Waals surface area (Å²) in [5.41, 5.74) is 9.56. The van der Waals surface area contributed by atoms with E-state index >= 15 is 0 Å². The summed E-state index contributed by atoms with van der Waals surface area (Å²) in [7, 11) is 1.82. The summed E-state index contributed by atoms with van der Waals surface area (Å²) in [5, 5.41) is 5.15. The summed E-state index contributed by atoms with van der Waals surface area (Å²) in [4.78, 5) is 4.14. The minimum absolute atomic E-state index is 0.591. The smallest absolute Gasteiger partial charge is 0.129 e. The molecular weight excluding hydrogens is 272 g/mol. The van der Waals surface area contributed by atoms with Crippen molar-refractivity contribution in [1.82, 2.24) is 14.8 Å². The molecule has 0 aliphatic rings. The molecule has 2 heterocycles. The monoisotopic (exact) mass is 284 g/mol. The van der Waals surface area contributed by atoms with Crippen LogP contribution in [0.4, 0.5) is 5.82 Å². The maximum atomic E-state index is 6.27. The van der Waals surface area contributed by atoms with Crippen molar-refractivity contribution >= 4 is 17.4 Å². The Hall–Kier alpha value is -2.33. The van der Waals surface area contributed by atoms with Crippen molar-refractivity contribution in [2.24, 2.45) is 7.05 Å². The number of aryl methyl sites for hydroxylation is 1. The van der Waals surface area contributed by atoms with Gasteiger partial charge in [-0.25, -0.2) is 0 Å². The van der Waals surface area contributed by atoms with Gasteiger partial charge in [-0.05, 0) is 12.1 Å². The summed E-state index contributed by atoms with van der Waals surface area (Å²) in [5.74, 6) is 0.591. The minimum Gasteiger partial charge on any atom is -0.383 e. The van der Waals surface area contributed by atoms with Crippen molar-refractivity contribution in [3.05, 3.63) is 53.8 Å². The lowest BCUT2D eigenvalue weighted by atomic mass is 10.0. The molecule has 4 nitrogen and oxygen atoms in total. The second kappa shape index (κ2) is 4.98. The van der Waals surface area contributed by atoms with Crippen molar-refractivity contribution in [3.63, 3.8) is 0 Å². The highest BCUT2D eigenvalue weighted by atomic mass is 35.5. The fourth-order valence-corrected chi connectivity index (χ4v) is 2.40. The molecule has 0 radical (unpaired) electrons. The summed E-state index contributed by atoms with van der Waals surface area (Å²) in [6, 6.07) is 11.4. The zero-order chi connectivity index (χ0) is 14.1. The van der Waals surface area contributed by atoms with E-state index in [1.807, 2.05) is 43.4 Å². The number of hydrogen-bond donors (Lipinski definition) is 1. The van der Waals surface area contributed by atoms with Crippen LogP contribution in [0.3, 0.4) is 0 Å². The molecule has 3 rings (SSSR count). The van der Waals surface area contributed by atoms with E-state index in [4.69, 9.17) is 17.3 Å². The van der Waals surface area contributed by atoms with Crippen LogP contribution < -0.4 is 5.73 Å². The van der Waals surface area contributed by atoms with Gasteiger partial charge in [0.25, 0.3) is 0 Å². The zero-order valence-electron chi connectivity index (χ0n) is 10.9. The van der Waals surface area contributed by atoms with Crippen LogP contribution in [-0.2, 0) is 7.05 Å². The number of anilines is 1. The number of nitrogens with zero attached hydrogens (tertiary/aromatic N) is 3. The van der Waals surface area contributed by atoms with Gasteiger partial charge in [-0.15, -0.1) is 0 Å². The second-order valence-electron chi connectivity index (χ2n) is 4.45. The third-order valence-electron chi connectivity index (χ3n) is 3.17. The molecule has 100 valence electrons. The first-order valence-corrected chi connectivity index (χ1v) is 6.54. The Kier molecular flexibility index (Phi) is 3.16. The largest absolute Gasteiger partial charge is 0.383 e. The van der Waals surface area contributed by atoms with E-state index in [2.05, 4.69) is 10.1 Å². The molecule has 3 aromatic rings. The molecule has 2 N–H and O–H groups in total. The average molecular weight is 285 g/mol. The maximum absolute atomic E-state index is 6.27. The minimum atomic E-state index is 0.591. The third kappa shape index (κ3) is 2.04. The Morgan fingerprint density at radius 3 is 2.65 bits per heavy atom. The van der Waals surface area contributed by atoms with Crippen LogP contribution in [0, 0.1) is 0 Å². The van der Waals surface area contributed by atoms with Crippen LogP contribution in [0.1, 0.15) is 0 Å². The van der Waals surface area contributed by atoms with Crippen molar-refractivity contribution < 1.29 is 0 Å². The number of hydrogen-bond acceptors (Lipinski definition) is 3. The highest BCUT2D eigenvalue weighted by Gasteiger charge is 2.18. The number of rotatable bonds is 2. The Balaban J connectivity index is 2.28. The summed E-state index contributed by atoms with van der Waals surface area (Å²) in [6.45, 7) is 0. The number of nitrogens with two attached hydrogens (primary N) is 1. The topological polar surface area (TPSA) is 56.7 Å². The van der Waals surface area contributed by atoms with Crippen LogP contribution >= 0.6 is 11.6 Å². The standard InChI is InChI=1S/C15H13ClN4/c1-20-15(17)13(10-5-4-8-18-9-10)14(19-20)11-6-2-3-7-12(11)16/h2-9H,17H2,1H3. The number of halogens is 1. The molecule has 0 aliphatic carbocycles. The molecule has 0 aliphatic heterocycles. The van der Waals surface area contributed by atoms with Crippen LogP contribution in [0.5, 0.6) is 0 Å². The lowest BCUT2D eigenvalue weighted by Gasteiger charge is -2.05. The predicted octanol–water partition coefficient (Wildman–Crippen LogP) is 3.38. The second-order valence-corrected chi connectivity index (χ2v) is 4.86. The van der Waals surface area contributed by atoms with Crippen LogP contribution in [-0.4, -0.2) is 14.8 Å². The fourth-order valence-electron chi connectivity index (χ4n) is 2.17. The Morgan fingerprint density at radius 2 is 1.95 bits per heavy atom. The van der Waals surface area contributed by atoms with Gasteiger partial charge in [0, 0.05) is 30.6 Å². The number of aromatic nitrogens is 3. The number of nitrogen functional groups attached to an aromatic ring is 1. The van der Waals surface area contributed by atoms with Gasteiger partial charge in [0.15, 0.2) is 0 Å². The molecule has 0 unspecified atom stereocenters. The first kappa shape index (κ1) is 12.7. The molecular formula is C15H13ClN4. The van der Waals surface area contributed by atoms with Crippen molar-refractivity contribution in [1.29, 1.82) is 0 Å². The molecule has 2 aromatic heterocycles. The number of pyridine rings is 1. The van der Waals surface area contributed by atoms with Crippen molar-refractivity contribution in [2.75, 3.05) is 5.73 Å². The van der Waals surface area contributed by atoms with Gasteiger partial charge in [0.05, 0.1) is 10.6 Å². The highest BCUT2D eigenvalue weighted by molar-refractivity contribution is 6.33. The van der Waals surface area contributed by atoms with E-state index in [1.165, 1.54) is 0 Å². The van der Waals surface area contributed by atoms with E-state index in [0.717, 1.165) is 22.4 Å².